The lowest BCUT2D eigenvalue weighted by Crippen LogP contribution is -1.82. The molecule has 1 heterocycles. The summed E-state index contributed by atoms with van der Waals surface area (Å²) in [4.78, 5) is 0.257. The summed E-state index contributed by atoms with van der Waals surface area (Å²) in [7, 11) is 0. The van der Waals surface area contributed by atoms with Crippen LogP contribution in [0.15, 0.2) is 4.42 Å². The molecular weight excluding hydrogens is 150 g/mol. The van der Waals surface area contributed by atoms with Crippen LogP contribution in [0.4, 0.5) is 0 Å². The number of H-pyrrole nitrogens is 1. The lowest BCUT2D eigenvalue weighted by Gasteiger charge is -1.81. The number of aromatic nitrogens is 2. The molecule has 0 spiro atoms. The highest BCUT2D eigenvalue weighted by molar-refractivity contribution is 7.71. The van der Waals surface area contributed by atoms with Gasteiger partial charge in [-0.15, -0.1) is 5.10 Å². The van der Waals surface area contributed by atoms with E-state index in [1.165, 1.54) is 0 Å². The zero-order valence-electron chi connectivity index (χ0n) is 5.13. The van der Waals surface area contributed by atoms with E-state index in [0.29, 0.717) is 18.7 Å². The first-order valence-electron chi connectivity index (χ1n) is 2.74. The molecule has 1 aromatic rings. The van der Waals surface area contributed by atoms with Crippen LogP contribution in [0.25, 0.3) is 0 Å². The van der Waals surface area contributed by atoms with Crippen molar-refractivity contribution >= 4 is 12.2 Å². The van der Waals surface area contributed by atoms with Gasteiger partial charge in [-0.05, 0) is 12.2 Å². The molecule has 0 fully saturated rings. The van der Waals surface area contributed by atoms with Crippen molar-refractivity contribution in [3.8, 4) is 6.07 Å². The molecule has 5 heteroatoms. The Morgan fingerprint density at radius 1 is 1.80 bits per heavy atom. The van der Waals surface area contributed by atoms with Crippen molar-refractivity contribution < 1.29 is 4.42 Å². The number of nitrogens with one attached hydrogen (secondary N) is 1. The molecule has 0 aromatic carbocycles. The summed E-state index contributed by atoms with van der Waals surface area (Å²) < 4.78 is 4.88. The second-order valence-corrected chi connectivity index (χ2v) is 2.04. The van der Waals surface area contributed by atoms with Crippen LogP contribution in [0, 0.1) is 16.2 Å². The van der Waals surface area contributed by atoms with E-state index in [1.807, 2.05) is 6.07 Å². The fourth-order valence-corrected chi connectivity index (χ4v) is 0.672. The molecule has 0 amide bonds. The summed E-state index contributed by atoms with van der Waals surface area (Å²) in [6.45, 7) is 0. The highest BCUT2D eigenvalue weighted by atomic mass is 32.1. The van der Waals surface area contributed by atoms with Crippen molar-refractivity contribution in [1.82, 2.24) is 10.2 Å². The molecule has 0 unspecified atom stereocenters. The number of nitrogens with zero attached hydrogens (tertiary/aromatic N) is 2. The molecule has 1 aromatic heterocycles. The number of nitriles is 1. The van der Waals surface area contributed by atoms with Crippen LogP contribution >= 0.6 is 12.2 Å². The Balaban J connectivity index is 2.61. The molecule has 0 aliphatic heterocycles. The van der Waals surface area contributed by atoms with E-state index < -0.39 is 0 Å². The third-order valence-corrected chi connectivity index (χ3v) is 1.11. The van der Waals surface area contributed by atoms with Crippen LogP contribution in [0.1, 0.15) is 12.3 Å². The molecule has 0 bridgehead atoms. The molecule has 0 saturated heterocycles. The van der Waals surface area contributed by atoms with Gasteiger partial charge in [0, 0.05) is 12.8 Å². The standard InChI is InChI=1S/C5H5N3OS/c6-3-1-2-4-7-8-5(10)9-4/h1-2H2,(H,8,10). The third-order valence-electron chi connectivity index (χ3n) is 0.933. The molecule has 0 radical (unpaired) electrons. The van der Waals surface area contributed by atoms with Crippen molar-refractivity contribution in [2.75, 3.05) is 0 Å². The van der Waals surface area contributed by atoms with Gasteiger partial charge in [0.25, 0.3) is 4.84 Å². The second kappa shape index (κ2) is 3.13. The van der Waals surface area contributed by atoms with Crippen LogP contribution in [0.5, 0.6) is 0 Å². The number of hydrogen-bond donors (Lipinski definition) is 1. The molecular formula is C5H5N3OS. The summed E-state index contributed by atoms with van der Waals surface area (Å²) in [5.41, 5.74) is 0. The first-order chi connectivity index (χ1) is 4.83. The van der Waals surface area contributed by atoms with Crippen LogP contribution in [-0.4, -0.2) is 10.2 Å². The first-order valence-corrected chi connectivity index (χ1v) is 3.15. The highest BCUT2D eigenvalue weighted by Crippen LogP contribution is 1.97. The van der Waals surface area contributed by atoms with Gasteiger partial charge < -0.3 is 4.42 Å². The minimum atomic E-state index is 0.257. The van der Waals surface area contributed by atoms with Gasteiger partial charge in [0.05, 0.1) is 6.07 Å². The van der Waals surface area contributed by atoms with Gasteiger partial charge in [0.2, 0.25) is 5.89 Å². The average Bonchev–Trinajstić information content (AvgIpc) is 2.31. The van der Waals surface area contributed by atoms with Crippen molar-refractivity contribution in [3.63, 3.8) is 0 Å². The van der Waals surface area contributed by atoms with Gasteiger partial charge in [0.15, 0.2) is 0 Å². The van der Waals surface area contributed by atoms with Gasteiger partial charge in [0.1, 0.15) is 0 Å². The molecule has 0 saturated carbocycles. The van der Waals surface area contributed by atoms with E-state index >= 15 is 0 Å². The predicted octanol–water partition coefficient (Wildman–Crippen LogP) is 1.19. The monoisotopic (exact) mass is 155 g/mol. The van der Waals surface area contributed by atoms with E-state index in [-0.39, 0.29) is 4.84 Å². The number of aryl methyl sites for hydroxylation is 1. The maximum absolute atomic E-state index is 8.18. The van der Waals surface area contributed by atoms with Gasteiger partial charge in [-0.1, -0.05) is 0 Å². The average molecular weight is 155 g/mol. The number of rotatable bonds is 2. The molecule has 0 aliphatic rings. The normalized spacial score (nSPS) is 9.10. The quantitative estimate of drug-likeness (QED) is 0.651. The summed E-state index contributed by atoms with van der Waals surface area (Å²) in [6, 6.07) is 1.98. The molecule has 1 N–H and O–H groups in total. The van der Waals surface area contributed by atoms with Crippen LogP contribution in [0.3, 0.4) is 0 Å². The van der Waals surface area contributed by atoms with Crippen LogP contribution < -0.4 is 0 Å². The summed E-state index contributed by atoms with van der Waals surface area (Å²) in [5, 5.41) is 14.4. The van der Waals surface area contributed by atoms with Crippen molar-refractivity contribution in [3.05, 3.63) is 10.7 Å². The van der Waals surface area contributed by atoms with Gasteiger partial charge in [-0.3, -0.25) is 0 Å². The minimum Gasteiger partial charge on any atom is -0.414 e. The largest absolute Gasteiger partial charge is 0.414 e. The van der Waals surface area contributed by atoms with Crippen molar-refractivity contribution in [2.45, 2.75) is 12.8 Å². The molecule has 1 rings (SSSR count). The van der Waals surface area contributed by atoms with Gasteiger partial charge in [-0.25, -0.2) is 5.10 Å². The van der Waals surface area contributed by atoms with Crippen molar-refractivity contribution in [1.29, 1.82) is 5.26 Å². The van der Waals surface area contributed by atoms with Gasteiger partial charge in [-0.2, -0.15) is 5.26 Å². The first kappa shape index (κ1) is 6.96. The fraction of sp³-hybridized carbons (Fsp3) is 0.400. The lowest BCUT2D eigenvalue weighted by molar-refractivity contribution is 0.482. The topological polar surface area (TPSA) is 65.6 Å². The van der Waals surface area contributed by atoms with Crippen LogP contribution in [-0.2, 0) is 6.42 Å². The lowest BCUT2D eigenvalue weighted by atomic mass is 10.3. The molecule has 0 atom stereocenters. The zero-order chi connectivity index (χ0) is 7.40. The second-order valence-electron chi connectivity index (χ2n) is 1.66. The van der Waals surface area contributed by atoms with Gasteiger partial charge >= 0.3 is 0 Å². The summed E-state index contributed by atoms with van der Waals surface area (Å²) >= 11 is 4.62. The molecule has 10 heavy (non-hydrogen) atoms. The van der Waals surface area contributed by atoms with E-state index in [2.05, 4.69) is 22.4 Å². The fourth-order valence-electron chi connectivity index (χ4n) is 0.530. The molecule has 4 nitrogen and oxygen atoms in total. The summed E-state index contributed by atoms with van der Waals surface area (Å²) in [5.74, 6) is 0.492. The van der Waals surface area contributed by atoms with E-state index in [1.54, 1.807) is 0 Å². The SMILES string of the molecule is N#CCCc1n[nH]c(=S)o1. The predicted molar refractivity (Wildman–Crippen MR) is 35.6 cm³/mol. The molecule has 52 valence electrons. The maximum Gasteiger partial charge on any atom is 0.284 e. The third kappa shape index (κ3) is 1.67. The Kier molecular flexibility index (Phi) is 2.18. The number of aromatic amines is 1. The zero-order valence-corrected chi connectivity index (χ0v) is 5.94. The Hall–Kier alpha value is -1.15. The smallest absolute Gasteiger partial charge is 0.284 e. The van der Waals surface area contributed by atoms with E-state index in [0.717, 1.165) is 0 Å². The Bertz CT molecular complexity index is 294. The Labute approximate surface area is 62.5 Å². The Morgan fingerprint density at radius 2 is 2.60 bits per heavy atom. The highest BCUT2D eigenvalue weighted by Gasteiger charge is 1.96. The minimum absolute atomic E-state index is 0.257. The Morgan fingerprint density at radius 3 is 3.10 bits per heavy atom. The summed E-state index contributed by atoms with van der Waals surface area (Å²) in [6.07, 6.45) is 0.923. The number of hydrogen-bond acceptors (Lipinski definition) is 4. The van der Waals surface area contributed by atoms with Crippen LogP contribution in [0.2, 0.25) is 0 Å². The maximum atomic E-state index is 8.18. The van der Waals surface area contributed by atoms with E-state index in [9.17, 15) is 0 Å². The van der Waals surface area contributed by atoms with E-state index in [4.69, 9.17) is 9.68 Å². The van der Waals surface area contributed by atoms with Crippen molar-refractivity contribution in [2.24, 2.45) is 0 Å². The molecule has 0 aliphatic carbocycles.